The zero-order chi connectivity index (χ0) is 12.3. The van der Waals surface area contributed by atoms with Crippen molar-refractivity contribution in [1.82, 2.24) is 10.6 Å². The van der Waals surface area contributed by atoms with Gasteiger partial charge >= 0.3 is 0 Å². The minimum Gasteiger partial charge on any atom is -0.316 e. The van der Waals surface area contributed by atoms with E-state index >= 15 is 0 Å². The van der Waals surface area contributed by atoms with Crippen LogP contribution in [0.25, 0.3) is 0 Å². The van der Waals surface area contributed by atoms with Crippen LogP contribution < -0.4 is 10.6 Å². The van der Waals surface area contributed by atoms with Crippen LogP contribution in [0, 0.1) is 12.8 Å². The molecular weight excluding hydrogens is 208 g/mol. The molecule has 0 aliphatic carbocycles. The Kier molecular flexibility index (Phi) is 4.19. The van der Waals surface area contributed by atoms with Crippen molar-refractivity contribution >= 4 is 0 Å². The molecule has 1 aromatic carbocycles. The number of rotatable bonds is 3. The van der Waals surface area contributed by atoms with Crippen LogP contribution in [0.2, 0.25) is 0 Å². The molecule has 1 saturated heterocycles. The average Bonchev–Trinajstić information content (AvgIpc) is 2.32. The van der Waals surface area contributed by atoms with Crippen LogP contribution in [0.3, 0.4) is 0 Å². The van der Waals surface area contributed by atoms with Crippen LogP contribution in [0.5, 0.6) is 0 Å². The Morgan fingerprint density at radius 3 is 2.82 bits per heavy atom. The molecule has 94 valence electrons. The normalized spacial score (nSPS) is 26.8. The van der Waals surface area contributed by atoms with E-state index in [0.717, 1.165) is 19.0 Å². The van der Waals surface area contributed by atoms with E-state index in [1.54, 1.807) is 0 Å². The van der Waals surface area contributed by atoms with Crippen molar-refractivity contribution in [1.29, 1.82) is 0 Å². The van der Waals surface area contributed by atoms with Gasteiger partial charge in [-0.3, -0.25) is 0 Å². The monoisotopic (exact) mass is 232 g/mol. The molecule has 1 fully saturated rings. The van der Waals surface area contributed by atoms with Crippen LogP contribution in [0.15, 0.2) is 24.3 Å². The average molecular weight is 232 g/mol. The summed E-state index contributed by atoms with van der Waals surface area (Å²) < 4.78 is 0. The maximum Gasteiger partial charge on any atom is 0.0297 e. The van der Waals surface area contributed by atoms with Crippen molar-refractivity contribution in [3.8, 4) is 0 Å². The first kappa shape index (κ1) is 12.6. The summed E-state index contributed by atoms with van der Waals surface area (Å²) in [4.78, 5) is 0. The van der Waals surface area contributed by atoms with Gasteiger partial charge in [0.05, 0.1) is 0 Å². The van der Waals surface area contributed by atoms with Gasteiger partial charge < -0.3 is 10.6 Å². The third kappa shape index (κ3) is 3.08. The van der Waals surface area contributed by atoms with Gasteiger partial charge in [-0.25, -0.2) is 0 Å². The van der Waals surface area contributed by atoms with Crippen molar-refractivity contribution in [2.24, 2.45) is 5.92 Å². The quantitative estimate of drug-likeness (QED) is 0.837. The molecule has 1 aliphatic rings. The number of piperidine rings is 1. The summed E-state index contributed by atoms with van der Waals surface area (Å²) in [6, 6.07) is 9.76. The highest BCUT2D eigenvalue weighted by Crippen LogP contribution is 2.20. The van der Waals surface area contributed by atoms with Gasteiger partial charge in [-0.1, -0.05) is 31.2 Å². The van der Waals surface area contributed by atoms with Gasteiger partial charge in [0, 0.05) is 12.1 Å². The molecule has 2 N–H and O–H groups in total. The molecule has 3 atom stereocenters. The fourth-order valence-electron chi connectivity index (χ4n) is 2.75. The van der Waals surface area contributed by atoms with Crippen molar-refractivity contribution < 1.29 is 0 Å². The zero-order valence-electron chi connectivity index (χ0n) is 11.2. The second-order valence-corrected chi connectivity index (χ2v) is 5.32. The SMILES string of the molecule is Cc1ccccc1C(C)NC1CCNCC1C. The number of hydrogen-bond donors (Lipinski definition) is 2. The highest BCUT2D eigenvalue weighted by atomic mass is 15.0. The van der Waals surface area contributed by atoms with E-state index in [1.165, 1.54) is 17.5 Å². The number of aryl methyl sites for hydroxylation is 1. The smallest absolute Gasteiger partial charge is 0.0297 e. The molecule has 0 spiro atoms. The maximum absolute atomic E-state index is 3.79. The summed E-state index contributed by atoms with van der Waals surface area (Å²) in [6.07, 6.45) is 1.23. The van der Waals surface area contributed by atoms with Gasteiger partial charge in [-0.15, -0.1) is 0 Å². The first-order chi connectivity index (χ1) is 8.18. The predicted molar refractivity (Wildman–Crippen MR) is 73.2 cm³/mol. The van der Waals surface area contributed by atoms with E-state index < -0.39 is 0 Å². The van der Waals surface area contributed by atoms with Gasteiger partial charge in [-0.2, -0.15) is 0 Å². The molecule has 1 aliphatic heterocycles. The fraction of sp³-hybridized carbons (Fsp3) is 0.600. The molecule has 2 nitrogen and oxygen atoms in total. The molecule has 1 heterocycles. The van der Waals surface area contributed by atoms with Crippen LogP contribution in [0.1, 0.15) is 37.4 Å². The Hall–Kier alpha value is -0.860. The summed E-state index contributed by atoms with van der Waals surface area (Å²) in [7, 11) is 0. The maximum atomic E-state index is 3.79. The molecule has 17 heavy (non-hydrogen) atoms. The highest BCUT2D eigenvalue weighted by molar-refractivity contribution is 5.28. The molecule has 2 heteroatoms. The summed E-state index contributed by atoms with van der Waals surface area (Å²) in [6.45, 7) is 9.07. The number of hydrogen-bond acceptors (Lipinski definition) is 2. The van der Waals surface area contributed by atoms with Crippen molar-refractivity contribution in [2.45, 2.75) is 39.3 Å². The van der Waals surface area contributed by atoms with Gasteiger partial charge in [0.1, 0.15) is 0 Å². The second-order valence-electron chi connectivity index (χ2n) is 5.32. The minimum absolute atomic E-state index is 0.446. The Bertz CT molecular complexity index is 362. The Morgan fingerprint density at radius 1 is 1.35 bits per heavy atom. The van der Waals surface area contributed by atoms with E-state index in [2.05, 4.69) is 55.7 Å². The second kappa shape index (κ2) is 5.65. The molecule has 2 rings (SSSR count). The summed E-state index contributed by atoms with van der Waals surface area (Å²) in [5, 5.41) is 7.23. The molecule has 0 bridgehead atoms. The molecule has 0 radical (unpaired) electrons. The molecule has 3 unspecified atom stereocenters. The van der Waals surface area contributed by atoms with Crippen molar-refractivity contribution in [3.63, 3.8) is 0 Å². The Balaban J connectivity index is 2.01. The Labute approximate surface area is 105 Å². The third-order valence-electron chi connectivity index (χ3n) is 3.90. The first-order valence-electron chi connectivity index (χ1n) is 6.71. The highest BCUT2D eigenvalue weighted by Gasteiger charge is 2.22. The van der Waals surface area contributed by atoms with Gasteiger partial charge in [-0.05, 0) is 50.4 Å². The third-order valence-corrected chi connectivity index (χ3v) is 3.90. The van der Waals surface area contributed by atoms with Gasteiger partial charge in [0.15, 0.2) is 0 Å². The standard InChI is InChI=1S/C15H24N2/c1-11-6-4-5-7-14(11)13(3)17-15-8-9-16-10-12(15)2/h4-7,12-13,15-17H,8-10H2,1-3H3. The van der Waals surface area contributed by atoms with E-state index in [0.29, 0.717) is 12.1 Å². The fourth-order valence-corrected chi connectivity index (χ4v) is 2.75. The topological polar surface area (TPSA) is 24.1 Å². The first-order valence-corrected chi connectivity index (χ1v) is 6.71. The predicted octanol–water partition coefficient (Wildman–Crippen LogP) is 2.64. The molecule has 0 amide bonds. The van der Waals surface area contributed by atoms with E-state index in [1.807, 2.05) is 0 Å². The lowest BCUT2D eigenvalue weighted by Crippen LogP contribution is -2.47. The lowest BCUT2D eigenvalue weighted by Gasteiger charge is -2.33. The summed E-state index contributed by atoms with van der Waals surface area (Å²) >= 11 is 0. The summed E-state index contributed by atoms with van der Waals surface area (Å²) in [5.41, 5.74) is 2.81. The zero-order valence-corrected chi connectivity index (χ0v) is 11.2. The van der Waals surface area contributed by atoms with Crippen LogP contribution >= 0.6 is 0 Å². The molecule has 1 aromatic rings. The van der Waals surface area contributed by atoms with E-state index in [-0.39, 0.29) is 0 Å². The lowest BCUT2D eigenvalue weighted by molar-refractivity contribution is 0.278. The molecule has 0 aromatic heterocycles. The van der Waals surface area contributed by atoms with E-state index in [4.69, 9.17) is 0 Å². The Morgan fingerprint density at radius 2 is 2.12 bits per heavy atom. The van der Waals surface area contributed by atoms with Crippen molar-refractivity contribution in [2.75, 3.05) is 13.1 Å². The van der Waals surface area contributed by atoms with Gasteiger partial charge in [0.2, 0.25) is 0 Å². The summed E-state index contributed by atoms with van der Waals surface area (Å²) in [5.74, 6) is 0.718. The van der Waals surface area contributed by atoms with E-state index in [9.17, 15) is 0 Å². The van der Waals surface area contributed by atoms with Crippen LogP contribution in [-0.4, -0.2) is 19.1 Å². The van der Waals surface area contributed by atoms with Crippen molar-refractivity contribution in [3.05, 3.63) is 35.4 Å². The number of benzene rings is 1. The largest absolute Gasteiger partial charge is 0.316 e. The lowest BCUT2D eigenvalue weighted by atomic mass is 9.93. The minimum atomic E-state index is 0.446. The van der Waals surface area contributed by atoms with Gasteiger partial charge in [0.25, 0.3) is 0 Å². The van der Waals surface area contributed by atoms with Crippen LogP contribution in [0.4, 0.5) is 0 Å². The number of nitrogens with one attached hydrogen (secondary N) is 2. The molecular formula is C15H24N2. The van der Waals surface area contributed by atoms with Crippen LogP contribution in [-0.2, 0) is 0 Å². The molecule has 0 saturated carbocycles.